The van der Waals surface area contributed by atoms with Gasteiger partial charge in [-0.3, -0.25) is 9.69 Å². The molecule has 0 aliphatic carbocycles. The van der Waals surface area contributed by atoms with Gasteiger partial charge >= 0.3 is 0 Å². The maximum Gasteiger partial charge on any atom is 0.262 e. The first kappa shape index (κ1) is 14.7. The van der Waals surface area contributed by atoms with Crippen molar-refractivity contribution >= 4 is 17.3 Å². The normalized spacial score (nSPS) is 10.3. The molecule has 0 aliphatic rings. The molecule has 0 unspecified atom stereocenters. The average molecular weight is 305 g/mol. The lowest BCUT2D eigenvalue weighted by Crippen LogP contribution is -2.25. The Morgan fingerprint density at radius 1 is 0.783 bits per heavy atom. The molecular formula is C19H15NO3. The van der Waals surface area contributed by atoms with Crippen LogP contribution in [0.25, 0.3) is 0 Å². The molecule has 3 aromatic carbocycles. The molecule has 1 amide bonds. The van der Waals surface area contributed by atoms with E-state index in [-0.39, 0.29) is 23.1 Å². The van der Waals surface area contributed by atoms with Crippen LogP contribution in [-0.4, -0.2) is 16.1 Å². The van der Waals surface area contributed by atoms with Gasteiger partial charge in [0.15, 0.2) is 0 Å². The van der Waals surface area contributed by atoms with E-state index in [4.69, 9.17) is 0 Å². The first-order valence-electron chi connectivity index (χ1n) is 7.13. The molecule has 0 bridgehead atoms. The summed E-state index contributed by atoms with van der Waals surface area (Å²) in [5.41, 5.74) is 1.31. The number of carbonyl (C=O) groups excluding carboxylic acids is 1. The number of anilines is 2. The number of phenolic OH excluding ortho intramolecular Hbond substituents is 2. The summed E-state index contributed by atoms with van der Waals surface area (Å²) in [6.45, 7) is 0. The summed E-state index contributed by atoms with van der Waals surface area (Å²) < 4.78 is 0. The second-order valence-corrected chi connectivity index (χ2v) is 5.02. The standard InChI is InChI=1S/C19H15NO3/c21-16-11-12-18(22)17(13-16)20(15-9-5-2-6-10-15)19(23)14-7-3-1-4-8-14/h1-13,21-22H. The number of carbonyl (C=O) groups is 1. The Labute approximate surface area is 133 Å². The highest BCUT2D eigenvalue weighted by Crippen LogP contribution is 2.36. The third-order valence-electron chi connectivity index (χ3n) is 3.44. The van der Waals surface area contributed by atoms with E-state index < -0.39 is 0 Å². The van der Waals surface area contributed by atoms with Gasteiger partial charge in [-0.25, -0.2) is 0 Å². The molecule has 3 aromatic rings. The van der Waals surface area contributed by atoms with E-state index in [1.165, 1.54) is 23.1 Å². The molecule has 0 heterocycles. The maximum atomic E-state index is 12.9. The van der Waals surface area contributed by atoms with Crippen molar-refractivity contribution in [3.8, 4) is 11.5 Å². The van der Waals surface area contributed by atoms with Crippen LogP contribution in [0, 0.1) is 0 Å². The highest BCUT2D eigenvalue weighted by molar-refractivity contribution is 6.11. The van der Waals surface area contributed by atoms with E-state index in [0.717, 1.165) is 0 Å². The predicted molar refractivity (Wildman–Crippen MR) is 89.1 cm³/mol. The van der Waals surface area contributed by atoms with Gasteiger partial charge in [-0.05, 0) is 36.4 Å². The van der Waals surface area contributed by atoms with Gasteiger partial charge in [-0.1, -0.05) is 36.4 Å². The molecule has 0 saturated carbocycles. The van der Waals surface area contributed by atoms with E-state index in [0.29, 0.717) is 11.3 Å². The first-order chi connectivity index (χ1) is 11.2. The predicted octanol–water partition coefficient (Wildman–Crippen LogP) is 4.08. The minimum atomic E-state index is -0.294. The van der Waals surface area contributed by atoms with Crippen LogP contribution in [-0.2, 0) is 0 Å². The van der Waals surface area contributed by atoms with Gasteiger partial charge in [-0.2, -0.15) is 0 Å². The number of amides is 1. The van der Waals surface area contributed by atoms with Crippen molar-refractivity contribution in [2.75, 3.05) is 4.90 Å². The van der Waals surface area contributed by atoms with Gasteiger partial charge in [0.2, 0.25) is 0 Å². The maximum absolute atomic E-state index is 12.9. The number of nitrogens with zero attached hydrogens (tertiary/aromatic N) is 1. The Bertz CT molecular complexity index is 817. The monoisotopic (exact) mass is 305 g/mol. The van der Waals surface area contributed by atoms with Gasteiger partial charge in [-0.15, -0.1) is 0 Å². The van der Waals surface area contributed by atoms with Gasteiger partial charge in [0.25, 0.3) is 5.91 Å². The number of para-hydroxylation sites is 1. The van der Waals surface area contributed by atoms with Crippen molar-refractivity contribution in [2.24, 2.45) is 0 Å². The van der Waals surface area contributed by atoms with Gasteiger partial charge in [0.1, 0.15) is 11.5 Å². The molecule has 0 fully saturated rings. The number of hydrogen-bond donors (Lipinski definition) is 2. The lowest BCUT2D eigenvalue weighted by molar-refractivity contribution is 0.0998. The number of aromatic hydroxyl groups is 2. The summed E-state index contributed by atoms with van der Waals surface area (Å²) in [6, 6.07) is 21.9. The third-order valence-corrected chi connectivity index (χ3v) is 3.44. The second kappa shape index (κ2) is 6.23. The van der Waals surface area contributed by atoms with E-state index in [1.54, 1.807) is 48.5 Å². The molecule has 3 rings (SSSR count). The van der Waals surface area contributed by atoms with Gasteiger partial charge in [0, 0.05) is 17.3 Å². The Morgan fingerprint density at radius 3 is 2.04 bits per heavy atom. The minimum absolute atomic E-state index is 0.0282. The summed E-state index contributed by atoms with van der Waals surface area (Å²) >= 11 is 0. The second-order valence-electron chi connectivity index (χ2n) is 5.02. The highest BCUT2D eigenvalue weighted by atomic mass is 16.3. The molecule has 0 spiro atoms. The van der Waals surface area contributed by atoms with Crippen LogP contribution in [0.15, 0.2) is 78.9 Å². The number of rotatable bonds is 3. The highest BCUT2D eigenvalue weighted by Gasteiger charge is 2.22. The molecule has 4 nitrogen and oxygen atoms in total. The summed E-state index contributed by atoms with van der Waals surface area (Å²) in [6.07, 6.45) is 0. The summed E-state index contributed by atoms with van der Waals surface area (Å²) in [5, 5.41) is 19.9. The topological polar surface area (TPSA) is 60.8 Å². The summed E-state index contributed by atoms with van der Waals surface area (Å²) in [7, 11) is 0. The minimum Gasteiger partial charge on any atom is -0.508 e. The Balaban J connectivity index is 2.15. The molecule has 2 N–H and O–H groups in total. The van der Waals surface area contributed by atoms with Crippen LogP contribution in [0.5, 0.6) is 11.5 Å². The van der Waals surface area contributed by atoms with Gasteiger partial charge in [0.05, 0.1) is 5.69 Å². The fourth-order valence-electron chi connectivity index (χ4n) is 2.34. The molecule has 0 aromatic heterocycles. The quantitative estimate of drug-likeness (QED) is 0.717. The van der Waals surface area contributed by atoms with Crippen LogP contribution >= 0.6 is 0 Å². The van der Waals surface area contributed by atoms with Gasteiger partial charge < -0.3 is 10.2 Å². The summed E-state index contributed by atoms with van der Waals surface area (Å²) in [5.74, 6) is -0.409. The van der Waals surface area contributed by atoms with Crippen molar-refractivity contribution in [3.05, 3.63) is 84.4 Å². The number of benzene rings is 3. The largest absolute Gasteiger partial charge is 0.508 e. The van der Waals surface area contributed by atoms with Crippen LogP contribution in [0.2, 0.25) is 0 Å². The van der Waals surface area contributed by atoms with Crippen molar-refractivity contribution in [1.29, 1.82) is 0 Å². The Morgan fingerprint density at radius 2 is 1.39 bits per heavy atom. The molecule has 0 saturated heterocycles. The van der Waals surface area contributed by atoms with Crippen molar-refractivity contribution in [2.45, 2.75) is 0 Å². The number of hydrogen-bond acceptors (Lipinski definition) is 3. The van der Waals surface area contributed by atoms with Crippen LogP contribution in [0.3, 0.4) is 0 Å². The molecule has 23 heavy (non-hydrogen) atoms. The smallest absolute Gasteiger partial charge is 0.262 e. The van der Waals surface area contributed by atoms with Crippen molar-refractivity contribution in [3.63, 3.8) is 0 Å². The van der Waals surface area contributed by atoms with E-state index in [9.17, 15) is 15.0 Å². The lowest BCUT2D eigenvalue weighted by atomic mass is 10.1. The fraction of sp³-hybridized carbons (Fsp3) is 0. The zero-order valence-electron chi connectivity index (χ0n) is 12.3. The van der Waals surface area contributed by atoms with Crippen molar-refractivity contribution in [1.82, 2.24) is 0 Å². The van der Waals surface area contributed by atoms with Crippen molar-refractivity contribution < 1.29 is 15.0 Å². The zero-order chi connectivity index (χ0) is 16.2. The SMILES string of the molecule is O=C(c1ccccc1)N(c1ccccc1)c1cc(O)ccc1O. The third kappa shape index (κ3) is 3.01. The molecule has 114 valence electrons. The summed E-state index contributed by atoms with van der Waals surface area (Å²) in [4.78, 5) is 14.3. The molecular weight excluding hydrogens is 290 g/mol. The van der Waals surface area contributed by atoms with Crippen LogP contribution < -0.4 is 4.90 Å². The Kier molecular flexibility index (Phi) is 3.97. The van der Waals surface area contributed by atoms with E-state index >= 15 is 0 Å². The van der Waals surface area contributed by atoms with Crippen LogP contribution in [0.4, 0.5) is 11.4 Å². The molecule has 0 radical (unpaired) electrons. The van der Waals surface area contributed by atoms with E-state index in [2.05, 4.69) is 0 Å². The Hall–Kier alpha value is -3.27. The molecule has 0 aliphatic heterocycles. The molecule has 4 heteroatoms. The molecule has 0 atom stereocenters. The lowest BCUT2D eigenvalue weighted by Gasteiger charge is -2.24. The fourth-order valence-corrected chi connectivity index (χ4v) is 2.34. The van der Waals surface area contributed by atoms with E-state index in [1.807, 2.05) is 12.1 Å². The van der Waals surface area contributed by atoms with Crippen LogP contribution in [0.1, 0.15) is 10.4 Å². The average Bonchev–Trinajstić information content (AvgIpc) is 2.60. The zero-order valence-corrected chi connectivity index (χ0v) is 12.3. The first-order valence-corrected chi connectivity index (χ1v) is 7.13. The number of phenols is 2.